The molecule has 1 rings (SSSR count). The van der Waals surface area contributed by atoms with Crippen LogP contribution < -0.4 is 5.32 Å². The van der Waals surface area contributed by atoms with Gasteiger partial charge in [-0.2, -0.15) is 17.0 Å². The molecular weight excluding hydrogens is 244 g/mol. The minimum Gasteiger partial charge on any atom is -0.337 e. The Hall–Kier alpha value is -0.690. The molecule has 0 aliphatic carbocycles. The maximum Gasteiger partial charge on any atom is 0.221 e. The summed E-state index contributed by atoms with van der Waals surface area (Å²) in [6.45, 7) is 4.31. The number of rotatable bonds is 7. The Labute approximate surface area is 115 Å². The number of unbranched alkanes of at least 4 members (excludes halogenated alkanes) is 1. The van der Waals surface area contributed by atoms with Crippen molar-refractivity contribution in [3.8, 4) is 6.07 Å². The molecule has 1 heterocycles. The molecule has 0 aromatic heterocycles. The second-order valence-electron chi connectivity index (χ2n) is 5.17. The Morgan fingerprint density at radius 2 is 2.33 bits per heavy atom. The van der Waals surface area contributed by atoms with Gasteiger partial charge in [0.2, 0.25) is 5.91 Å². The third-order valence-corrected chi connectivity index (χ3v) is 4.82. The molecule has 0 bridgehead atoms. The van der Waals surface area contributed by atoms with Gasteiger partial charge in [-0.3, -0.25) is 4.79 Å². The molecule has 18 heavy (non-hydrogen) atoms. The Bertz CT molecular complexity index is 305. The van der Waals surface area contributed by atoms with E-state index in [-0.39, 0.29) is 5.91 Å². The number of hydrogen-bond acceptors (Lipinski definition) is 3. The average molecular weight is 268 g/mol. The summed E-state index contributed by atoms with van der Waals surface area (Å²) >= 11 is 1.75. The molecule has 1 fully saturated rings. The van der Waals surface area contributed by atoms with Crippen LogP contribution in [0.15, 0.2) is 0 Å². The molecule has 1 saturated heterocycles. The quantitative estimate of drug-likeness (QED) is 0.772. The fourth-order valence-corrected chi connectivity index (χ4v) is 3.57. The maximum atomic E-state index is 12.0. The first-order valence-corrected chi connectivity index (χ1v) is 8.11. The highest BCUT2D eigenvalue weighted by Gasteiger charge is 2.36. The number of nitriles is 1. The van der Waals surface area contributed by atoms with E-state index < -0.39 is 5.54 Å². The molecule has 0 aromatic carbocycles. The van der Waals surface area contributed by atoms with Crippen molar-refractivity contribution in [3.63, 3.8) is 0 Å². The fourth-order valence-electron chi connectivity index (χ4n) is 2.30. The van der Waals surface area contributed by atoms with E-state index in [4.69, 9.17) is 0 Å². The molecular formula is C14H24N2OS. The monoisotopic (exact) mass is 268 g/mol. The standard InChI is InChI=1S/C14H24N2OS/c1-3-5-6-12(4-2)9-13(17)16-14(10-15)7-8-18-11-14/h12H,3-9,11H2,1-2H3,(H,16,17)/t12-,14-/m0/s1. The number of nitrogens with zero attached hydrogens (tertiary/aromatic N) is 1. The van der Waals surface area contributed by atoms with Crippen LogP contribution in [0.5, 0.6) is 0 Å². The summed E-state index contributed by atoms with van der Waals surface area (Å²) in [6, 6.07) is 2.29. The largest absolute Gasteiger partial charge is 0.337 e. The number of carbonyl (C=O) groups excluding carboxylic acids is 1. The van der Waals surface area contributed by atoms with Crippen molar-refractivity contribution < 1.29 is 4.79 Å². The molecule has 0 radical (unpaired) electrons. The summed E-state index contributed by atoms with van der Waals surface area (Å²) < 4.78 is 0. The van der Waals surface area contributed by atoms with Crippen LogP contribution >= 0.6 is 11.8 Å². The molecule has 0 unspecified atom stereocenters. The predicted octanol–water partition coefficient (Wildman–Crippen LogP) is 3.11. The second kappa shape index (κ2) is 7.68. The maximum absolute atomic E-state index is 12.0. The van der Waals surface area contributed by atoms with Gasteiger partial charge in [0.1, 0.15) is 5.54 Å². The summed E-state index contributed by atoms with van der Waals surface area (Å²) in [5, 5.41) is 12.2. The molecule has 1 aliphatic rings. The second-order valence-corrected chi connectivity index (χ2v) is 6.27. The van der Waals surface area contributed by atoms with Crippen molar-refractivity contribution in [2.75, 3.05) is 11.5 Å². The predicted molar refractivity (Wildman–Crippen MR) is 76.4 cm³/mol. The summed E-state index contributed by atoms with van der Waals surface area (Å²) in [5.74, 6) is 2.23. The van der Waals surface area contributed by atoms with E-state index in [1.165, 1.54) is 12.8 Å². The lowest BCUT2D eigenvalue weighted by Crippen LogP contribution is -2.47. The van der Waals surface area contributed by atoms with E-state index in [2.05, 4.69) is 25.2 Å². The normalized spacial score (nSPS) is 24.5. The number of thioether (sulfide) groups is 1. The van der Waals surface area contributed by atoms with Crippen LogP contribution in [0.2, 0.25) is 0 Å². The van der Waals surface area contributed by atoms with E-state index >= 15 is 0 Å². The van der Waals surface area contributed by atoms with E-state index in [1.807, 2.05) is 0 Å². The van der Waals surface area contributed by atoms with Crippen LogP contribution in [-0.4, -0.2) is 23.0 Å². The van der Waals surface area contributed by atoms with Gasteiger partial charge < -0.3 is 5.32 Å². The third kappa shape index (κ3) is 4.53. The topological polar surface area (TPSA) is 52.9 Å². The summed E-state index contributed by atoms with van der Waals surface area (Å²) in [7, 11) is 0. The van der Waals surface area contributed by atoms with Gasteiger partial charge in [-0.15, -0.1) is 0 Å². The van der Waals surface area contributed by atoms with Crippen molar-refractivity contribution in [3.05, 3.63) is 0 Å². The first-order valence-electron chi connectivity index (χ1n) is 6.95. The van der Waals surface area contributed by atoms with Crippen molar-refractivity contribution in [1.82, 2.24) is 5.32 Å². The van der Waals surface area contributed by atoms with Crippen LogP contribution in [-0.2, 0) is 4.79 Å². The van der Waals surface area contributed by atoms with E-state index in [9.17, 15) is 10.1 Å². The molecule has 102 valence electrons. The lowest BCUT2D eigenvalue weighted by Gasteiger charge is -2.23. The van der Waals surface area contributed by atoms with Crippen molar-refractivity contribution >= 4 is 17.7 Å². The Balaban J connectivity index is 2.42. The zero-order valence-corrected chi connectivity index (χ0v) is 12.3. The van der Waals surface area contributed by atoms with Crippen LogP contribution in [0.3, 0.4) is 0 Å². The summed E-state index contributed by atoms with van der Waals surface area (Å²) in [5.41, 5.74) is -0.592. The van der Waals surface area contributed by atoms with Gasteiger partial charge in [0.05, 0.1) is 6.07 Å². The molecule has 0 saturated carbocycles. The van der Waals surface area contributed by atoms with Gasteiger partial charge in [0.25, 0.3) is 0 Å². The molecule has 1 aliphatic heterocycles. The highest BCUT2D eigenvalue weighted by Crippen LogP contribution is 2.28. The smallest absolute Gasteiger partial charge is 0.221 e. The molecule has 2 atom stereocenters. The molecule has 1 amide bonds. The van der Waals surface area contributed by atoms with Gasteiger partial charge in [-0.25, -0.2) is 0 Å². The Kier molecular flexibility index (Phi) is 6.56. The Morgan fingerprint density at radius 3 is 2.83 bits per heavy atom. The average Bonchev–Trinajstić information content (AvgIpc) is 2.83. The molecule has 4 heteroatoms. The fraction of sp³-hybridized carbons (Fsp3) is 0.857. The number of carbonyl (C=O) groups is 1. The number of amides is 1. The zero-order chi connectivity index (χ0) is 13.4. The summed E-state index contributed by atoms with van der Waals surface area (Å²) in [6.07, 6.45) is 5.88. The number of hydrogen-bond donors (Lipinski definition) is 1. The molecule has 0 spiro atoms. The van der Waals surface area contributed by atoms with Gasteiger partial charge in [0.15, 0.2) is 0 Å². The number of nitrogens with one attached hydrogen (secondary N) is 1. The lowest BCUT2D eigenvalue weighted by atomic mass is 9.94. The van der Waals surface area contributed by atoms with Crippen LogP contribution in [0.4, 0.5) is 0 Å². The van der Waals surface area contributed by atoms with Gasteiger partial charge in [-0.05, 0) is 24.5 Å². The van der Waals surface area contributed by atoms with Gasteiger partial charge in [-0.1, -0.05) is 33.1 Å². The van der Waals surface area contributed by atoms with Crippen LogP contribution in [0.1, 0.15) is 52.4 Å². The highest BCUT2D eigenvalue weighted by atomic mass is 32.2. The van der Waals surface area contributed by atoms with Crippen LogP contribution in [0.25, 0.3) is 0 Å². The molecule has 0 aromatic rings. The SMILES string of the molecule is CCCC[C@H](CC)CC(=O)N[C@]1(C#N)CCSC1. The molecule has 1 N–H and O–H groups in total. The molecule has 3 nitrogen and oxygen atoms in total. The van der Waals surface area contributed by atoms with Crippen molar-refractivity contribution in [2.45, 2.75) is 57.9 Å². The van der Waals surface area contributed by atoms with E-state index in [1.54, 1.807) is 11.8 Å². The highest BCUT2D eigenvalue weighted by molar-refractivity contribution is 7.99. The van der Waals surface area contributed by atoms with Crippen LogP contribution in [0, 0.1) is 17.2 Å². The first kappa shape index (κ1) is 15.4. The Morgan fingerprint density at radius 1 is 1.56 bits per heavy atom. The lowest BCUT2D eigenvalue weighted by molar-refractivity contribution is -0.123. The summed E-state index contributed by atoms with van der Waals surface area (Å²) in [4.78, 5) is 12.0. The van der Waals surface area contributed by atoms with Crippen molar-refractivity contribution in [2.24, 2.45) is 5.92 Å². The van der Waals surface area contributed by atoms with Gasteiger partial charge in [0, 0.05) is 12.2 Å². The minimum atomic E-state index is -0.592. The van der Waals surface area contributed by atoms with E-state index in [0.29, 0.717) is 12.3 Å². The van der Waals surface area contributed by atoms with E-state index in [0.717, 1.165) is 30.8 Å². The van der Waals surface area contributed by atoms with Crippen molar-refractivity contribution in [1.29, 1.82) is 5.26 Å². The zero-order valence-electron chi connectivity index (χ0n) is 11.5. The minimum absolute atomic E-state index is 0.0574. The third-order valence-electron chi connectivity index (χ3n) is 3.63. The van der Waals surface area contributed by atoms with Gasteiger partial charge >= 0.3 is 0 Å². The first-order chi connectivity index (χ1) is 8.65.